The maximum absolute atomic E-state index is 11.7. The second-order valence-corrected chi connectivity index (χ2v) is 5.21. The van der Waals surface area contributed by atoms with Gasteiger partial charge in [-0.3, -0.25) is 10.1 Å². The van der Waals surface area contributed by atoms with E-state index in [0.29, 0.717) is 5.02 Å². The molecule has 1 aromatic carbocycles. The van der Waals surface area contributed by atoms with Crippen LogP contribution in [0.15, 0.2) is 24.3 Å². The van der Waals surface area contributed by atoms with E-state index in [1.807, 2.05) is 38.1 Å². The van der Waals surface area contributed by atoms with Crippen molar-refractivity contribution in [2.45, 2.75) is 38.8 Å². The summed E-state index contributed by atoms with van der Waals surface area (Å²) in [6.45, 7) is 5.70. The Morgan fingerprint density at radius 2 is 1.94 bits per heavy atom. The smallest absolute Gasteiger partial charge is 0.325 e. The van der Waals surface area contributed by atoms with Crippen molar-refractivity contribution in [2.24, 2.45) is 0 Å². The first-order valence-corrected chi connectivity index (χ1v) is 6.40. The number of benzene rings is 1. The number of hydrogen-bond acceptors (Lipinski definition) is 3. The van der Waals surface area contributed by atoms with E-state index >= 15 is 0 Å². The molecule has 4 heteroatoms. The van der Waals surface area contributed by atoms with Gasteiger partial charge in [0.1, 0.15) is 5.54 Å². The van der Waals surface area contributed by atoms with Crippen molar-refractivity contribution in [3.05, 3.63) is 34.9 Å². The van der Waals surface area contributed by atoms with Gasteiger partial charge in [-0.05, 0) is 38.0 Å². The third-order valence-corrected chi connectivity index (χ3v) is 3.16. The van der Waals surface area contributed by atoms with Crippen LogP contribution in [-0.4, -0.2) is 18.6 Å². The third kappa shape index (κ3) is 3.72. The van der Waals surface area contributed by atoms with Gasteiger partial charge in [-0.1, -0.05) is 30.7 Å². The molecule has 0 aliphatic carbocycles. The van der Waals surface area contributed by atoms with Gasteiger partial charge in [-0.25, -0.2) is 0 Å². The number of rotatable bonds is 5. The number of esters is 1. The highest BCUT2D eigenvalue weighted by atomic mass is 35.5. The molecule has 0 aromatic heterocycles. The quantitative estimate of drug-likeness (QED) is 0.834. The summed E-state index contributed by atoms with van der Waals surface area (Å²) in [5.74, 6) is -0.269. The average molecular weight is 270 g/mol. The lowest BCUT2D eigenvalue weighted by Crippen LogP contribution is -2.48. The number of nitrogens with one attached hydrogen (secondary N) is 1. The Morgan fingerprint density at radius 3 is 2.39 bits per heavy atom. The van der Waals surface area contributed by atoms with Crippen LogP contribution in [0.25, 0.3) is 0 Å². The largest absolute Gasteiger partial charge is 0.468 e. The third-order valence-electron chi connectivity index (χ3n) is 2.91. The molecule has 0 spiro atoms. The van der Waals surface area contributed by atoms with Gasteiger partial charge in [0.25, 0.3) is 0 Å². The van der Waals surface area contributed by atoms with E-state index in [2.05, 4.69) is 12.2 Å². The number of carbonyl (C=O) groups is 1. The molecule has 3 nitrogen and oxygen atoms in total. The molecular weight excluding hydrogens is 250 g/mol. The number of halogens is 1. The summed E-state index contributed by atoms with van der Waals surface area (Å²) in [6.07, 6.45) is 0.877. The first-order valence-electron chi connectivity index (χ1n) is 6.02. The zero-order valence-electron chi connectivity index (χ0n) is 11.3. The highest BCUT2D eigenvalue weighted by Gasteiger charge is 2.30. The SMILES string of the molecule is CCC(NC(C)(C)C(=O)OC)c1ccc(Cl)cc1. The summed E-state index contributed by atoms with van der Waals surface area (Å²) in [7, 11) is 1.40. The molecule has 1 rings (SSSR count). The molecule has 1 N–H and O–H groups in total. The Labute approximate surface area is 113 Å². The summed E-state index contributed by atoms with van der Waals surface area (Å²) in [6, 6.07) is 7.74. The van der Waals surface area contributed by atoms with Gasteiger partial charge >= 0.3 is 5.97 Å². The fourth-order valence-corrected chi connectivity index (χ4v) is 1.99. The van der Waals surface area contributed by atoms with E-state index in [9.17, 15) is 4.79 Å². The van der Waals surface area contributed by atoms with Gasteiger partial charge in [-0.15, -0.1) is 0 Å². The normalized spacial score (nSPS) is 13.2. The monoisotopic (exact) mass is 269 g/mol. The zero-order chi connectivity index (χ0) is 13.8. The zero-order valence-corrected chi connectivity index (χ0v) is 12.0. The summed E-state index contributed by atoms with van der Waals surface area (Å²) < 4.78 is 4.79. The first-order chi connectivity index (χ1) is 8.40. The predicted octanol–water partition coefficient (Wildman–Crippen LogP) is 3.33. The van der Waals surface area contributed by atoms with Crippen molar-refractivity contribution in [1.29, 1.82) is 0 Å². The molecule has 1 aromatic rings. The fraction of sp³-hybridized carbons (Fsp3) is 0.500. The highest BCUT2D eigenvalue weighted by Crippen LogP contribution is 2.22. The minimum absolute atomic E-state index is 0.0939. The molecule has 0 aliphatic rings. The lowest BCUT2D eigenvalue weighted by atomic mass is 9.98. The van der Waals surface area contributed by atoms with Crippen LogP contribution in [0.3, 0.4) is 0 Å². The Hall–Kier alpha value is -1.06. The van der Waals surface area contributed by atoms with Crippen LogP contribution in [0.1, 0.15) is 38.8 Å². The Kier molecular flexibility index (Phi) is 5.17. The summed E-state index contributed by atoms with van der Waals surface area (Å²) >= 11 is 5.87. The fourth-order valence-electron chi connectivity index (χ4n) is 1.87. The topological polar surface area (TPSA) is 38.3 Å². The van der Waals surface area contributed by atoms with Gasteiger partial charge in [0.15, 0.2) is 0 Å². The molecule has 0 aliphatic heterocycles. The summed E-state index contributed by atoms with van der Waals surface area (Å²) in [4.78, 5) is 11.7. The molecular formula is C14H20ClNO2. The lowest BCUT2D eigenvalue weighted by Gasteiger charge is -2.29. The summed E-state index contributed by atoms with van der Waals surface area (Å²) in [5.41, 5.74) is 0.397. The van der Waals surface area contributed by atoms with Crippen LogP contribution in [-0.2, 0) is 9.53 Å². The van der Waals surface area contributed by atoms with Crippen LogP contribution in [0, 0.1) is 0 Å². The molecule has 0 saturated carbocycles. The minimum Gasteiger partial charge on any atom is -0.468 e. The second kappa shape index (κ2) is 6.21. The van der Waals surface area contributed by atoms with Crippen molar-refractivity contribution in [1.82, 2.24) is 5.32 Å². The van der Waals surface area contributed by atoms with Crippen molar-refractivity contribution < 1.29 is 9.53 Å². The highest BCUT2D eigenvalue weighted by molar-refractivity contribution is 6.30. The molecule has 0 radical (unpaired) electrons. The summed E-state index contributed by atoms with van der Waals surface area (Å²) in [5, 5.41) is 4.02. The van der Waals surface area contributed by atoms with Crippen LogP contribution in [0.2, 0.25) is 5.02 Å². The van der Waals surface area contributed by atoms with Gasteiger partial charge in [0.05, 0.1) is 7.11 Å². The molecule has 1 atom stereocenters. The maximum atomic E-state index is 11.7. The van der Waals surface area contributed by atoms with Crippen LogP contribution < -0.4 is 5.32 Å². The van der Waals surface area contributed by atoms with Crippen LogP contribution >= 0.6 is 11.6 Å². The van der Waals surface area contributed by atoms with E-state index in [0.717, 1.165) is 12.0 Å². The Morgan fingerprint density at radius 1 is 1.39 bits per heavy atom. The number of ether oxygens (including phenoxy) is 1. The molecule has 18 heavy (non-hydrogen) atoms. The number of hydrogen-bond donors (Lipinski definition) is 1. The van der Waals surface area contributed by atoms with Crippen LogP contribution in [0.4, 0.5) is 0 Å². The second-order valence-electron chi connectivity index (χ2n) is 4.77. The van der Waals surface area contributed by atoms with Gasteiger partial charge < -0.3 is 4.74 Å². The van der Waals surface area contributed by atoms with Crippen molar-refractivity contribution in [3.8, 4) is 0 Å². The number of methoxy groups -OCH3 is 1. The van der Waals surface area contributed by atoms with Gasteiger partial charge in [0.2, 0.25) is 0 Å². The molecule has 0 saturated heterocycles. The molecule has 100 valence electrons. The average Bonchev–Trinajstić information content (AvgIpc) is 2.36. The first kappa shape index (κ1) is 15.0. The maximum Gasteiger partial charge on any atom is 0.325 e. The van der Waals surface area contributed by atoms with E-state index in [4.69, 9.17) is 16.3 Å². The Bertz CT molecular complexity index is 401. The Balaban J connectivity index is 2.85. The van der Waals surface area contributed by atoms with Crippen molar-refractivity contribution in [2.75, 3.05) is 7.11 Å². The van der Waals surface area contributed by atoms with Gasteiger partial charge in [-0.2, -0.15) is 0 Å². The van der Waals surface area contributed by atoms with Gasteiger partial charge in [0, 0.05) is 11.1 Å². The van der Waals surface area contributed by atoms with E-state index in [1.54, 1.807) is 0 Å². The molecule has 0 bridgehead atoms. The van der Waals surface area contributed by atoms with E-state index in [1.165, 1.54) is 7.11 Å². The van der Waals surface area contributed by atoms with Crippen molar-refractivity contribution >= 4 is 17.6 Å². The molecule has 0 fully saturated rings. The minimum atomic E-state index is -0.713. The molecule has 1 unspecified atom stereocenters. The van der Waals surface area contributed by atoms with E-state index in [-0.39, 0.29) is 12.0 Å². The van der Waals surface area contributed by atoms with Crippen molar-refractivity contribution in [3.63, 3.8) is 0 Å². The molecule has 0 amide bonds. The van der Waals surface area contributed by atoms with Crippen LogP contribution in [0.5, 0.6) is 0 Å². The standard InChI is InChI=1S/C14H20ClNO2/c1-5-12(10-6-8-11(15)9-7-10)16-14(2,3)13(17)18-4/h6-9,12,16H,5H2,1-4H3. The lowest BCUT2D eigenvalue weighted by molar-refractivity contribution is -0.147. The van der Waals surface area contributed by atoms with E-state index < -0.39 is 5.54 Å². The number of carbonyl (C=O) groups excluding carboxylic acids is 1. The molecule has 0 heterocycles. The predicted molar refractivity (Wildman–Crippen MR) is 73.7 cm³/mol.